The summed E-state index contributed by atoms with van der Waals surface area (Å²) in [6, 6.07) is 6.50. The standard InChI is InChI=1S/C29H36N8O2S/c1-16(2)24-18(4)33-28(37-13-22(38)14-37)35-26(24)36-6-7-39-25-17(3)8-19(9-21(25)12-36)20-10-23-27(31-11-20)40-29(34-23)32-15-30-5/h8-11,16,22,30,38H,6-7,12-15H2,1-5H3,(H,32,34). The molecule has 10 nitrogen and oxygen atoms in total. The third-order valence-corrected chi connectivity index (χ3v) is 8.38. The molecule has 1 fully saturated rings. The number of hydrogen-bond donors (Lipinski definition) is 3. The molecule has 4 aromatic rings. The number of aliphatic hydroxyl groups is 1. The van der Waals surface area contributed by atoms with Gasteiger partial charge >= 0.3 is 0 Å². The van der Waals surface area contributed by atoms with Crippen LogP contribution in [0.2, 0.25) is 0 Å². The van der Waals surface area contributed by atoms with Crippen LogP contribution in [0.15, 0.2) is 24.4 Å². The highest BCUT2D eigenvalue weighted by atomic mass is 32.1. The molecule has 40 heavy (non-hydrogen) atoms. The molecule has 1 aromatic carbocycles. The van der Waals surface area contributed by atoms with Crippen molar-refractivity contribution in [1.82, 2.24) is 25.3 Å². The third kappa shape index (κ3) is 5.04. The molecule has 2 aliphatic heterocycles. The average molecular weight is 561 g/mol. The summed E-state index contributed by atoms with van der Waals surface area (Å²) in [6.07, 6.45) is 1.61. The minimum atomic E-state index is -0.314. The minimum Gasteiger partial charge on any atom is -0.491 e. The number of aromatic nitrogens is 4. The van der Waals surface area contributed by atoms with E-state index < -0.39 is 0 Å². The maximum absolute atomic E-state index is 9.86. The number of pyridine rings is 1. The fourth-order valence-electron chi connectivity index (χ4n) is 5.51. The van der Waals surface area contributed by atoms with E-state index in [1.54, 1.807) is 11.3 Å². The predicted molar refractivity (Wildman–Crippen MR) is 161 cm³/mol. The number of aliphatic hydroxyl groups excluding tert-OH is 1. The number of fused-ring (bicyclic) bond motifs is 2. The lowest BCUT2D eigenvalue weighted by Crippen LogP contribution is -2.51. The Labute approximate surface area is 238 Å². The van der Waals surface area contributed by atoms with Crippen molar-refractivity contribution in [1.29, 1.82) is 0 Å². The Morgan fingerprint density at radius 2 is 1.93 bits per heavy atom. The van der Waals surface area contributed by atoms with Gasteiger partial charge in [-0.3, -0.25) is 0 Å². The zero-order chi connectivity index (χ0) is 28.0. The number of rotatable bonds is 7. The fourth-order valence-corrected chi connectivity index (χ4v) is 6.30. The summed E-state index contributed by atoms with van der Waals surface area (Å²) < 4.78 is 6.32. The van der Waals surface area contributed by atoms with Crippen LogP contribution in [-0.2, 0) is 6.54 Å². The first-order valence-electron chi connectivity index (χ1n) is 13.8. The van der Waals surface area contributed by atoms with E-state index in [0.29, 0.717) is 38.9 Å². The largest absolute Gasteiger partial charge is 0.491 e. The van der Waals surface area contributed by atoms with Gasteiger partial charge in [0.2, 0.25) is 5.95 Å². The normalized spacial score (nSPS) is 15.7. The smallest absolute Gasteiger partial charge is 0.227 e. The van der Waals surface area contributed by atoms with Crippen molar-refractivity contribution in [3.63, 3.8) is 0 Å². The van der Waals surface area contributed by atoms with E-state index >= 15 is 0 Å². The molecule has 0 radical (unpaired) electrons. The van der Waals surface area contributed by atoms with E-state index in [9.17, 15) is 5.11 Å². The van der Waals surface area contributed by atoms with Crippen molar-refractivity contribution < 1.29 is 9.84 Å². The predicted octanol–water partition coefficient (Wildman–Crippen LogP) is 4.06. The number of hydrogen-bond acceptors (Lipinski definition) is 11. The van der Waals surface area contributed by atoms with E-state index in [-0.39, 0.29) is 12.0 Å². The topological polar surface area (TPSA) is 112 Å². The van der Waals surface area contributed by atoms with Gasteiger partial charge in [0.05, 0.1) is 19.3 Å². The molecule has 3 aromatic heterocycles. The van der Waals surface area contributed by atoms with Gasteiger partial charge in [-0.2, -0.15) is 4.98 Å². The lowest BCUT2D eigenvalue weighted by molar-refractivity contribution is 0.140. The average Bonchev–Trinajstić information content (AvgIpc) is 3.19. The van der Waals surface area contributed by atoms with Gasteiger partial charge in [-0.05, 0) is 56.1 Å². The number of anilines is 3. The van der Waals surface area contributed by atoms with Gasteiger partial charge in [-0.15, -0.1) is 0 Å². The van der Waals surface area contributed by atoms with E-state index in [0.717, 1.165) is 67.1 Å². The number of nitrogens with zero attached hydrogens (tertiary/aromatic N) is 6. The summed E-state index contributed by atoms with van der Waals surface area (Å²) in [7, 11) is 1.90. The minimum absolute atomic E-state index is 0.270. The molecular weight excluding hydrogens is 524 g/mol. The second kappa shape index (κ2) is 10.8. The van der Waals surface area contributed by atoms with Crippen LogP contribution in [0.3, 0.4) is 0 Å². The lowest BCUT2D eigenvalue weighted by atomic mass is 9.99. The molecular formula is C29H36N8O2S. The number of ether oxygens (including phenoxy) is 1. The number of nitrogens with one attached hydrogen (secondary N) is 2. The van der Waals surface area contributed by atoms with Gasteiger partial charge in [0.15, 0.2) is 5.13 Å². The van der Waals surface area contributed by atoms with Crippen LogP contribution in [0.5, 0.6) is 5.75 Å². The van der Waals surface area contributed by atoms with Crippen molar-refractivity contribution in [2.75, 3.05) is 55.1 Å². The van der Waals surface area contributed by atoms with E-state index in [1.807, 2.05) is 18.1 Å². The van der Waals surface area contributed by atoms with Crippen molar-refractivity contribution in [2.24, 2.45) is 0 Å². The van der Waals surface area contributed by atoms with E-state index in [4.69, 9.17) is 24.7 Å². The number of benzene rings is 1. The molecule has 5 heterocycles. The molecule has 0 amide bonds. The molecule has 3 N–H and O–H groups in total. The molecule has 1 saturated heterocycles. The number of β-amino-alcohol motifs (C(OH)–C–C–N with tert-alkyl or cyclic N) is 1. The highest BCUT2D eigenvalue weighted by Crippen LogP contribution is 2.37. The summed E-state index contributed by atoms with van der Waals surface area (Å²) >= 11 is 1.55. The molecule has 0 bridgehead atoms. The van der Waals surface area contributed by atoms with Crippen molar-refractivity contribution in [2.45, 2.75) is 46.3 Å². The summed E-state index contributed by atoms with van der Waals surface area (Å²) in [6.45, 7) is 12.3. The van der Waals surface area contributed by atoms with Crippen LogP contribution in [0.1, 0.15) is 42.1 Å². The van der Waals surface area contributed by atoms with Crippen LogP contribution >= 0.6 is 11.3 Å². The number of thiazole rings is 1. The van der Waals surface area contributed by atoms with Gasteiger partial charge in [0.1, 0.15) is 28.5 Å². The molecule has 2 aliphatic rings. The summed E-state index contributed by atoms with van der Waals surface area (Å²) in [5.41, 5.74) is 7.36. The van der Waals surface area contributed by atoms with Crippen molar-refractivity contribution in [3.05, 3.63) is 46.8 Å². The van der Waals surface area contributed by atoms with Gasteiger partial charge in [-0.25, -0.2) is 15.0 Å². The number of aryl methyl sites for hydroxylation is 2. The van der Waals surface area contributed by atoms with Crippen LogP contribution in [-0.4, -0.2) is 71.1 Å². The summed E-state index contributed by atoms with van der Waals surface area (Å²) in [4.78, 5) is 24.6. The third-order valence-electron chi connectivity index (χ3n) is 7.44. The van der Waals surface area contributed by atoms with Crippen LogP contribution in [0.4, 0.5) is 16.9 Å². The highest BCUT2D eigenvalue weighted by Gasteiger charge is 2.30. The zero-order valence-corrected chi connectivity index (χ0v) is 24.5. The first-order chi connectivity index (χ1) is 19.3. The van der Waals surface area contributed by atoms with Crippen molar-refractivity contribution >= 4 is 38.6 Å². The SMILES string of the molecule is CNCNc1nc2cc(-c3cc(C)c4c(c3)CN(c3nc(N5CC(O)C5)nc(C)c3C(C)C)CCO4)cnc2s1. The van der Waals surface area contributed by atoms with Gasteiger partial charge < -0.3 is 30.3 Å². The Morgan fingerprint density at radius 3 is 2.67 bits per heavy atom. The Morgan fingerprint density at radius 1 is 1.10 bits per heavy atom. The maximum Gasteiger partial charge on any atom is 0.227 e. The van der Waals surface area contributed by atoms with Gasteiger partial charge in [-0.1, -0.05) is 25.2 Å². The molecule has 210 valence electrons. The van der Waals surface area contributed by atoms with Crippen LogP contribution < -0.4 is 25.2 Å². The van der Waals surface area contributed by atoms with E-state index in [1.165, 1.54) is 0 Å². The molecule has 11 heteroatoms. The molecule has 0 aliphatic carbocycles. The molecule has 0 atom stereocenters. The van der Waals surface area contributed by atoms with E-state index in [2.05, 4.69) is 61.4 Å². The Hall–Kier alpha value is -3.54. The molecule has 0 unspecified atom stereocenters. The first kappa shape index (κ1) is 26.7. The summed E-state index contributed by atoms with van der Waals surface area (Å²) in [5, 5.41) is 17.1. The molecule has 0 saturated carbocycles. The van der Waals surface area contributed by atoms with Crippen LogP contribution in [0.25, 0.3) is 21.5 Å². The second-order valence-corrected chi connectivity index (χ2v) is 11.9. The van der Waals surface area contributed by atoms with Gasteiger partial charge in [0.25, 0.3) is 0 Å². The Kier molecular flexibility index (Phi) is 7.20. The first-order valence-corrected chi connectivity index (χ1v) is 14.6. The second-order valence-electron chi connectivity index (χ2n) is 10.9. The Bertz CT molecular complexity index is 1550. The zero-order valence-electron chi connectivity index (χ0n) is 23.7. The molecule has 0 spiro atoms. The highest BCUT2D eigenvalue weighted by molar-refractivity contribution is 7.21. The van der Waals surface area contributed by atoms with Crippen molar-refractivity contribution in [3.8, 4) is 16.9 Å². The van der Waals surface area contributed by atoms with Crippen LogP contribution in [0, 0.1) is 13.8 Å². The maximum atomic E-state index is 9.86. The Balaban J connectivity index is 1.36. The summed E-state index contributed by atoms with van der Waals surface area (Å²) in [5.74, 6) is 2.84. The van der Waals surface area contributed by atoms with Gasteiger partial charge in [0, 0.05) is 48.2 Å². The lowest BCUT2D eigenvalue weighted by Gasteiger charge is -2.37. The molecule has 6 rings (SSSR count). The monoisotopic (exact) mass is 560 g/mol. The quantitative estimate of drug-likeness (QED) is 0.286. The fraction of sp³-hybridized carbons (Fsp3) is 0.448.